The quantitative estimate of drug-likeness (QED) is 0.761. The number of hydrogen-bond donors (Lipinski definition) is 2. The highest BCUT2D eigenvalue weighted by Gasteiger charge is 2.11. The second-order valence-corrected chi connectivity index (χ2v) is 5.66. The molecule has 1 aromatic rings. The van der Waals surface area contributed by atoms with E-state index in [2.05, 4.69) is 15.7 Å². The molecule has 0 aliphatic carbocycles. The predicted molar refractivity (Wildman–Crippen MR) is 83.8 cm³/mol. The molecule has 1 heterocycles. The average molecular weight is 316 g/mol. The van der Waals surface area contributed by atoms with E-state index in [9.17, 15) is 9.59 Å². The molecule has 0 unspecified atom stereocenters. The van der Waals surface area contributed by atoms with E-state index < -0.39 is 0 Å². The molecule has 0 aromatic carbocycles. The maximum atomic E-state index is 12.0. The smallest absolute Gasteiger partial charge is 0.287 e. The van der Waals surface area contributed by atoms with Crippen molar-refractivity contribution in [2.24, 2.45) is 0 Å². The number of likely N-dealkylation sites (N-methyl/N-ethyl adjacent to an activating group) is 1. The lowest BCUT2D eigenvalue weighted by Crippen LogP contribution is -2.35. The van der Waals surface area contributed by atoms with Crippen molar-refractivity contribution in [3.63, 3.8) is 0 Å². The van der Waals surface area contributed by atoms with Gasteiger partial charge in [0.1, 0.15) is 5.02 Å². The number of carbonyl (C=O) groups excluding carboxylic acids is 1. The largest absolute Gasteiger partial charge is 0.373 e. The summed E-state index contributed by atoms with van der Waals surface area (Å²) >= 11 is 6.02. The molecule has 1 rings (SSSR count). The molecule has 0 radical (unpaired) electrons. The zero-order valence-electron chi connectivity index (χ0n) is 12.8. The number of carbonyl (C=O) groups is 1. The Labute approximate surface area is 129 Å². The molecular formula is C13H22ClN5O2. The van der Waals surface area contributed by atoms with Gasteiger partial charge in [0.25, 0.3) is 5.56 Å². The van der Waals surface area contributed by atoms with Crippen LogP contribution in [0.4, 0.5) is 5.69 Å². The molecule has 1 aromatic heterocycles. The number of nitrogens with one attached hydrogen (secondary N) is 2. The van der Waals surface area contributed by atoms with Gasteiger partial charge >= 0.3 is 0 Å². The highest BCUT2D eigenvalue weighted by Crippen LogP contribution is 2.14. The van der Waals surface area contributed by atoms with Crippen molar-refractivity contribution in [1.29, 1.82) is 0 Å². The molecule has 2 N–H and O–H groups in total. The Morgan fingerprint density at radius 2 is 2.14 bits per heavy atom. The van der Waals surface area contributed by atoms with E-state index in [1.807, 2.05) is 32.8 Å². The Morgan fingerprint density at radius 1 is 1.48 bits per heavy atom. The third-order valence-corrected chi connectivity index (χ3v) is 3.00. The van der Waals surface area contributed by atoms with Gasteiger partial charge in [-0.2, -0.15) is 5.10 Å². The topological polar surface area (TPSA) is 79.3 Å². The Hall–Kier alpha value is -1.60. The van der Waals surface area contributed by atoms with Gasteiger partial charge in [0.2, 0.25) is 5.91 Å². The number of halogens is 1. The van der Waals surface area contributed by atoms with E-state index in [0.29, 0.717) is 18.8 Å². The molecule has 0 aliphatic rings. The van der Waals surface area contributed by atoms with E-state index >= 15 is 0 Å². The van der Waals surface area contributed by atoms with E-state index in [1.54, 1.807) is 0 Å². The Morgan fingerprint density at radius 3 is 2.71 bits per heavy atom. The molecule has 0 bridgehead atoms. The van der Waals surface area contributed by atoms with E-state index in [1.165, 1.54) is 10.9 Å². The van der Waals surface area contributed by atoms with Crippen LogP contribution in [-0.4, -0.2) is 53.8 Å². The van der Waals surface area contributed by atoms with Crippen LogP contribution in [0.2, 0.25) is 5.02 Å². The van der Waals surface area contributed by atoms with Crippen LogP contribution in [0.3, 0.4) is 0 Å². The SMILES string of the molecule is CC(C)NC(=O)CNc1cnn(CCN(C)C)c(=O)c1Cl. The molecule has 118 valence electrons. The van der Waals surface area contributed by atoms with Gasteiger partial charge in [-0.05, 0) is 27.9 Å². The fourth-order valence-electron chi connectivity index (χ4n) is 1.59. The van der Waals surface area contributed by atoms with Crippen molar-refractivity contribution in [1.82, 2.24) is 20.0 Å². The fourth-order valence-corrected chi connectivity index (χ4v) is 1.80. The Bertz CT molecular complexity index is 542. The second kappa shape index (κ2) is 7.99. The number of rotatable bonds is 7. The van der Waals surface area contributed by atoms with Gasteiger partial charge in [0, 0.05) is 12.6 Å². The van der Waals surface area contributed by atoms with Crippen LogP contribution in [0.5, 0.6) is 0 Å². The third kappa shape index (κ3) is 5.73. The van der Waals surface area contributed by atoms with Gasteiger partial charge in [-0.25, -0.2) is 4.68 Å². The van der Waals surface area contributed by atoms with Crippen molar-refractivity contribution in [3.8, 4) is 0 Å². The summed E-state index contributed by atoms with van der Waals surface area (Å²) in [5, 5.41) is 9.65. The minimum Gasteiger partial charge on any atom is -0.373 e. The highest BCUT2D eigenvalue weighted by molar-refractivity contribution is 6.33. The zero-order chi connectivity index (χ0) is 16.0. The highest BCUT2D eigenvalue weighted by atomic mass is 35.5. The van der Waals surface area contributed by atoms with Crippen LogP contribution in [-0.2, 0) is 11.3 Å². The summed E-state index contributed by atoms with van der Waals surface area (Å²) in [6, 6.07) is 0.0620. The van der Waals surface area contributed by atoms with Gasteiger partial charge in [0.05, 0.1) is 25.0 Å². The van der Waals surface area contributed by atoms with Crippen LogP contribution in [0.25, 0.3) is 0 Å². The van der Waals surface area contributed by atoms with E-state index in [4.69, 9.17) is 11.6 Å². The van der Waals surface area contributed by atoms with Crippen molar-refractivity contribution in [2.45, 2.75) is 26.4 Å². The summed E-state index contributed by atoms with van der Waals surface area (Å²) in [7, 11) is 3.83. The monoisotopic (exact) mass is 315 g/mol. The van der Waals surface area contributed by atoms with Crippen molar-refractivity contribution < 1.29 is 4.79 Å². The number of amides is 1. The lowest BCUT2D eigenvalue weighted by Gasteiger charge is -2.13. The summed E-state index contributed by atoms with van der Waals surface area (Å²) < 4.78 is 1.31. The van der Waals surface area contributed by atoms with E-state index in [-0.39, 0.29) is 29.1 Å². The molecule has 0 saturated carbocycles. The first-order chi connectivity index (χ1) is 9.81. The molecule has 0 spiro atoms. The average Bonchev–Trinajstić information content (AvgIpc) is 2.38. The zero-order valence-corrected chi connectivity index (χ0v) is 13.6. The molecule has 7 nitrogen and oxygen atoms in total. The molecule has 21 heavy (non-hydrogen) atoms. The van der Waals surface area contributed by atoms with Crippen molar-refractivity contribution in [2.75, 3.05) is 32.5 Å². The lowest BCUT2D eigenvalue weighted by molar-refractivity contribution is -0.119. The number of aromatic nitrogens is 2. The number of anilines is 1. The van der Waals surface area contributed by atoms with Gasteiger partial charge < -0.3 is 15.5 Å². The standard InChI is InChI=1S/C13H22ClN5O2/c1-9(2)17-11(20)8-15-10-7-16-19(6-5-18(3)4)13(21)12(10)14/h7,9,15H,5-6,8H2,1-4H3,(H,17,20). The van der Waals surface area contributed by atoms with Crippen LogP contribution in [0.15, 0.2) is 11.0 Å². The van der Waals surface area contributed by atoms with Crippen molar-refractivity contribution in [3.05, 3.63) is 21.6 Å². The third-order valence-electron chi connectivity index (χ3n) is 2.63. The normalized spacial score (nSPS) is 11.0. The number of nitrogens with zero attached hydrogens (tertiary/aromatic N) is 3. The molecule has 0 fully saturated rings. The molecule has 0 aliphatic heterocycles. The van der Waals surface area contributed by atoms with Crippen LogP contribution < -0.4 is 16.2 Å². The Balaban J connectivity index is 2.71. The lowest BCUT2D eigenvalue weighted by atomic mass is 10.4. The first kappa shape index (κ1) is 17.5. The van der Waals surface area contributed by atoms with Crippen LogP contribution >= 0.6 is 11.6 Å². The van der Waals surface area contributed by atoms with Crippen molar-refractivity contribution >= 4 is 23.2 Å². The Kier molecular flexibility index (Phi) is 6.64. The first-order valence-corrected chi connectivity index (χ1v) is 7.12. The fraction of sp³-hybridized carbons (Fsp3) is 0.615. The summed E-state index contributed by atoms with van der Waals surface area (Å²) in [5.41, 5.74) is -0.00513. The summed E-state index contributed by atoms with van der Waals surface area (Å²) in [6.07, 6.45) is 1.46. The summed E-state index contributed by atoms with van der Waals surface area (Å²) in [4.78, 5) is 25.5. The maximum Gasteiger partial charge on any atom is 0.287 e. The van der Waals surface area contributed by atoms with Crippen LogP contribution in [0, 0.1) is 0 Å². The minimum atomic E-state index is -0.368. The molecule has 8 heteroatoms. The maximum absolute atomic E-state index is 12.0. The molecule has 1 amide bonds. The summed E-state index contributed by atoms with van der Waals surface area (Å²) in [5.74, 6) is -0.169. The van der Waals surface area contributed by atoms with Crippen LogP contribution in [0.1, 0.15) is 13.8 Å². The molecule has 0 saturated heterocycles. The van der Waals surface area contributed by atoms with Gasteiger partial charge in [-0.15, -0.1) is 0 Å². The first-order valence-electron chi connectivity index (χ1n) is 6.75. The number of hydrogen-bond acceptors (Lipinski definition) is 5. The molecule has 0 atom stereocenters. The van der Waals surface area contributed by atoms with Gasteiger partial charge in [-0.1, -0.05) is 11.6 Å². The minimum absolute atomic E-state index is 0.0424. The van der Waals surface area contributed by atoms with Gasteiger partial charge in [0.15, 0.2) is 0 Å². The van der Waals surface area contributed by atoms with Gasteiger partial charge in [-0.3, -0.25) is 9.59 Å². The predicted octanol–water partition coefficient (Wildman–Crippen LogP) is 0.395. The van der Waals surface area contributed by atoms with E-state index in [0.717, 1.165) is 0 Å². The molecular weight excluding hydrogens is 294 g/mol. The summed E-state index contributed by atoms with van der Waals surface area (Å²) in [6.45, 7) is 4.93. The second-order valence-electron chi connectivity index (χ2n) is 5.28.